The molecule has 3 N–H and O–H groups in total. The van der Waals surface area contributed by atoms with Crippen molar-refractivity contribution in [2.75, 3.05) is 12.4 Å². The number of benzene rings is 3. The van der Waals surface area contributed by atoms with Crippen LogP contribution in [0.3, 0.4) is 0 Å². The van der Waals surface area contributed by atoms with Crippen molar-refractivity contribution in [1.29, 1.82) is 5.26 Å². The van der Waals surface area contributed by atoms with Crippen LogP contribution >= 0.6 is 0 Å². The Balaban J connectivity index is 1.83. The lowest BCUT2D eigenvalue weighted by Crippen LogP contribution is -2.19. The zero-order valence-electron chi connectivity index (χ0n) is 17.6. The molecule has 1 heterocycles. The third kappa shape index (κ3) is 4.11. The molecule has 0 radical (unpaired) electrons. The molecule has 0 spiro atoms. The molecular weight excluding hydrogens is 460 g/mol. The second-order valence-electron chi connectivity index (χ2n) is 7.08. The number of hydrogen-bond acceptors (Lipinski definition) is 7. The van der Waals surface area contributed by atoms with E-state index in [1.165, 1.54) is 31.3 Å². The van der Waals surface area contributed by atoms with Crippen LogP contribution < -0.4 is 10.0 Å². The average molecular weight is 476 g/mol. The van der Waals surface area contributed by atoms with Gasteiger partial charge in [-0.05, 0) is 42.9 Å². The third-order valence-corrected chi connectivity index (χ3v) is 6.51. The van der Waals surface area contributed by atoms with Crippen molar-refractivity contribution in [3.63, 3.8) is 0 Å². The van der Waals surface area contributed by atoms with Crippen LogP contribution in [-0.2, 0) is 10.0 Å². The Bertz CT molecular complexity index is 1590. The zero-order chi connectivity index (χ0) is 24.5. The summed E-state index contributed by atoms with van der Waals surface area (Å²) in [6, 6.07) is 17.1. The highest BCUT2D eigenvalue weighted by Crippen LogP contribution is 2.33. The molecular formula is C23H16N4O6S. The lowest BCUT2D eigenvalue weighted by molar-refractivity contribution is 0.0698. The molecule has 1 aromatic heterocycles. The number of aromatic carboxylic acids is 1. The molecule has 0 saturated heterocycles. The number of carboxylic acid groups (broad SMARTS) is 1. The van der Waals surface area contributed by atoms with Gasteiger partial charge in [-0.3, -0.25) is 4.79 Å². The van der Waals surface area contributed by atoms with Gasteiger partial charge >= 0.3 is 5.97 Å². The van der Waals surface area contributed by atoms with Gasteiger partial charge in [0.2, 0.25) is 10.0 Å². The predicted octanol–water partition coefficient (Wildman–Crippen LogP) is 3.23. The van der Waals surface area contributed by atoms with Crippen molar-refractivity contribution < 1.29 is 27.6 Å². The van der Waals surface area contributed by atoms with Crippen LogP contribution in [0, 0.1) is 11.3 Å². The first-order valence-corrected chi connectivity index (χ1v) is 11.2. The number of nitrogens with one attached hydrogen (secondary N) is 2. The minimum Gasteiger partial charge on any atom is -0.478 e. The summed E-state index contributed by atoms with van der Waals surface area (Å²) in [5.74, 6) is -2.15. The van der Waals surface area contributed by atoms with Gasteiger partial charge in [-0.15, -0.1) is 0 Å². The average Bonchev–Trinajstić information content (AvgIpc) is 3.27. The molecule has 0 atom stereocenters. The van der Waals surface area contributed by atoms with E-state index in [4.69, 9.17) is 9.78 Å². The summed E-state index contributed by atoms with van der Waals surface area (Å²) in [4.78, 5) is 24.4. The SMILES string of the molecule is CNS(=O)(=O)c1cc2c(C(=O)Nc3ccc(C#N)cc3C(=O)O)noc2cc1-c1ccccc1. The van der Waals surface area contributed by atoms with Gasteiger partial charge in [0.15, 0.2) is 11.3 Å². The lowest BCUT2D eigenvalue weighted by atomic mass is 10.0. The van der Waals surface area contributed by atoms with E-state index in [9.17, 15) is 23.1 Å². The summed E-state index contributed by atoms with van der Waals surface area (Å²) in [6.45, 7) is 0. The molecule has 0 aliphatic heterocycles. The minimum atomic E-state index is -3.93. The van der Waals surface area contributed by atoms with E-state index < -0.39 is 21.9 Å². The molecule has 0 aliphatic carbocycles. The Morgan fingerprint density at radius 2 is 1.82 bits per heavy atom. The quantitative estimate of drug-likeness (QED) is 0.382. The fourth-order valence-electron chi connectivity index (χ4n) is 3.39. The Morgan fingerprint density at radius 1 is 1.09 bits per heavy atom. The Morgan fingerprint density at radius 3 is 2.47 bits per heavy atom. The topological polar surface area (TPSA) is 162 Å². The van der Waals surface area contributed by atoms with E-state index in [1.807, 2.05) is 6.07 Å². The van der Waals surface area contributed by atoms with Crippen molar-refractivity contribution in [2.45, 2.75) is 4.90 Å². The number of carbonyl (C=O) groups is 2. The largest absolute Gasteiger partial charge is 0.478 e. The first-order valence-electron chi connectivity index (χ1n) is 9.76. The Hall–Kier alpha value is -4.53. The highest BCUT2D eigenvalue weighted by molar-refractivity contribution is 7.89. The molecule has 0 fully saturated rings. The molecule has 10 nitrogen and oxygen atoms in total. The summed E-state index contributed by atoms with van der Waals surface area (Å²) in [5.41, 5.74) is 0.662. The summed E-state index contributed by atoms with van der Waals surface area (Å²) >= 11 is 0. The van der Waals surface area contributed by atoms with Crippen molar-refractivity contribution in [1.82, 2.24) is 9.88 Å². The molecule has 11 heteroatoms. The van der Waals surface area contributed by atoms with Gasteiger partial charge in [0.1, 0.15) is 0 Å². The molecule has 0 bridgehead atoms. The highest BCUT2D eigenvalue weighted by Gasteiger charge is 2.25. The summed E-state index contributed by atoms with van der Waals surface area (Å²) in [5, 5.41) is 24.8. The minimum absolute atomic E-state index is 0.0587. The second kappa shape index (κ2) is 8.78. The highest BCUT2D eigenvalue weighted by atomic mass is 32.2. The van der Waals surface area contributed by atoms with Gasteiger partial charge in [0, 0.05) is 5.56 Å². The first kappa shape index (κ1) is 22.7. The van der Waals surface area contributed by atoms with Crippen LogP contribution in [0.25, 0.3) is 22.1 Å². The van der Waals surface area contributed by atoms with Crippen LogP contribution in [0.2, 0.25) is 0 Å². The fraction of sp³-hybridized carbons (Fsp3) is 0.0435. The first-order chi connectivity index (χ1) is 16.2. The van der Waals surface area contributed by atoms with Crippen LogP contribution in [0.4, 0.5) is 5.69 Å². The summed E-state index contributed by atoms with van der Waals surface area (Å²) < 4.78 is 33.1. The number of hydrogen-bond donors (Lipinski definition) is 3. The Kier molecular flexibility index (Phi) is 5.85. The maximum absolute atomic E-state index is 12.9. The standard InChI is InChI=1S/C23H16N4O6S/c1-25-34(31,32)20-11-17-19(10-15(20)14-5-3-2-4-6-14)33-27-21(17)22(28)26-18-8-7-13(12-24)9-16(18)23(29)30/h2-11,25H,1H3,(H,26,28)(H,29,30). The number of anilines is 1. The van der Waals surface area contributed by atoms with Crippen LogP contribution in [0.15, 0.2) is 70.1 Å². The maximum atomic E-state index is 12.9. The van der Waals surface area contributed by atoms with Gasteiger partial charge in [-0.2, -0.15) is 5.26 Å². The number of carboxylic acids is 1. The van der Waals surface area contributed by atoms with Gasteiger partial charge in [-0.1, -0.05) is 35.5 Å². The molecule has 0 unspecified atom stereocenters. The number of nitriles is 1. The van der Waals surface area contributed by atoms with Gasteiger partial charge in [-0.25, -0.2) is 17.9 Å². The van der Waals surface area contributed by atoms with Gasteiger partial charge < -0.3 is 14.9 Å². The number of fused-ring (bicyclic) bond motifs is 1. The van der Waals surface area contributed by atoms with Crippen LogP contribution in [-0.4, -0.2) is 37.6 Å². The molecule has 170 valence electrons. The number of sulfonamides is 1. The van der Waals surface area contributed by atoms with E-state index in [0.717, 1.165) is 6.07 Å². The number of carbonyl (C=O) groups excluding carboxylic acids is 1. The molecule has 3 aromatic carbocycles. The van der Waals surface area contributed by atoms with E-state index in [1.54, 1.807) is 30.3 Å². The number of aromatic nitrogens is 1. The van der Waals surface area contributed by atoms with E-state index in [0.29, 0.717) is 11.1 Å². The molecule has 4 aromatic rings. The third-order valence-electron chi connectivity index (χ3n) is 5.06. The smallest absolute Gasteiger partial charge is 0.337 e. The van der Waals surface area contributed by atoms with Crippen molar-refractivity contribution >= 4 is 38.6 Å². The summed E-state index contributed by atoms with van der Waals surface area (Å²) in [7, 11) is -2.66. The van der Waals surface area contributed by atoms with Crippen LogP contribution in [0.1, 0.15) is 26.4 Å². The van der Waals surface area contributed by atoms with Crippen molar-refractivity contribution in [3.05, 3.63) is 77.5 Å². The molecule has 4 rings (SSSR count). The normalized spacial score (nSPS) is 11.2. The van der Waals surface area contributed by atoms with Crippen molar-refractivity contribution in [3.8, 4) is 17.2 Å². The van der Waals surface area contributed by atoms with Crippen molar-refractivity contribution in [2.24, 2.45) is 0 Å². The van der Waals surface area contributed by atoms with Gasteiger partial charge in [0.05, 0.1) is 33.2 Å². The maximum Gasteiger partial charge on any atom is 0.337 e. The van der Waals surface area contributed by atoms with Crippen LogP contribution in [0.5, 0.6) is 0 Å². The lowest BCUT2D eigenvalue weighted by Gasteiger charge is -2.11. The van der Waals surface area contributed by atoms with E-state index >= 15 is 0 Å². The number of amides is 1. The monoisotopic (exact) mass is 476 g/mol. The second-order valence-corrected chi connectivity index (χ2v) is 8.94. The van der Waals surface area contributed by atoms with E-state index in [-0.39, 0.29) is 38.4 Å². The fourth-order valence-corrected chi connectivity index (χ4v) is 4.34. The summed E-state index contributed by atoms with van der Waals surface area (Å²) in [6.07, 6.45) is 0. The van der Waals surface area contributed by atoms with E-state index in [2.05, 4.69) is 15.2 Å². The Labute approximate surface area is 193 Å². The number of nitrogens with zero attached hydrogens (tertiary/aromatic N) is 2. The molecule has 1 amide bonds. The molecule has 0 saturated carbocycles. The van der Waals surface area contributed by atoms with Gasteiger partial charge in [0.25, 0.3) is 5.91 Å². The predicted molar refractivity (Wildman–Crippen MR) is 122 cm³/mol. The molecule has 34 heavy (non-hydrogen) atoms. The zero-order valence-corrected chi connectivity index (χ0v) is 18.4. The number of rotatable bonds is 6. The molecule has 0 aliphatic rings.